The van der Waals surface area contributed by atoms with Gasteiger partial charge in [0.05, 0.1) is 18.9 Å². The summed E-state index contributed by atoms with van der Waals surface area (Å²) in [6.45, 7) is 0. The number of benzene rings is 2. The third-order valence-corrected chi connectivity index (χ3v) is 4.73. The molecule has 0 amide bonds. The minimum absolute atomic E-state index is 0.0872. The lowest BCUT2D eigenvalue weighted by atomic mass is 10.1. The SMILES string of the molecule is COc1ccc2[nH]c3c(=O)n(N=Cc4c(F)c(F)c(N(C)C)c(F)c4F)cnc3c2c1. The van der Waals surface area contributed by atoms with E-state index in [0.29, 0.717) is 33.1 Å². The summed E-state index contributed by atoms with van der Waals surface area (Å²) in [5.41, 5.74) is -1.56. The Morgan fingerprint density at radius 1 is 1.13 bits per heavy atom. The largest absolute Gasteiger partial charge is 0.497 e. The number of aromatic nitrogens is 3. The van der Waals surface area contributed by atoms with E-state index < -0.39 is 40.1 Å². The molecule has 11 heteroatoms. The molecule has 1 N–H and O–H groups in total. The van der Waals surface area contributed by atoms with Crippen LogP contribution in [0.4, 0.5) is 23.2 Å². The second-order valence-corrected chi connectivity index (χ2v) is 6.81. The van der Waals surface area contributed by atoms with Crippen LogP contribution in [0.2, 0.25) is 0 Å². The fourth-order valence-electron chi connectivity index (χ4n) is 3.20. The molecule has 0 fully saturated rings. The molecule has 4 aromatic rings. The number of anilines is 1. The molecule has 0 atom stereocenters. The van der Waals surface area contributed by atoms with E-state index in [4.69, 9.17) is 4.74 Å². The molecule has 0 saturated carbocycles. The summed E-state index contributed by atoms with van der Waals surface area (Å²) in [6.07, 6.45) is 1.56. The summed E-state index contributed by atoms with van der Waals surface area (Å²) in [4.78, 5) is 20.7. The van der Waals surface area contributed by atoms with E-state index in [2.05, 4.69) is 15.1 Å². The van der Waals surface area contributed by atoms with Crippen molar-refractivity contribution >= 4 is 33.8 Å². The smallest absolute Gasteiger partial charge is 0.298 e. The quantitative estimate of drug-likeness (QED) is 0.304. The van der Waals surface area contributed by atoms with Crippen LogP contribution < -0.4 is 15.2 Å². The van der Waals surface area contributed by atoms with Crippen molar-refractivity contribution in [3.05, 3.63) is 63.7 Å². The molecule has 4 rings (SSSR count). The van der Waals surface area contributed by atoms with Gasteiger partial charge in [0, 0.05) is 25.0 Å². The third-order valence-electron chi connectivity index (χ3n) is 4.73. The summed E-state index contributed by atoms with van der Waals surface area (Å²) < 4.78 is 62.8. The molecule has 0 aliphatic heterocycles. The normalized spacial score (nSPS) is 11.7. The predicted molar refractivity (Wildman–Crippen MR) is 108 cm³/mol. The zero-order valence-electron chi connectivity index (χ0n) is 16.5. The van der Waals surface area contributed by atoms with Crippen LogP contribution in [0.25, 0.3) is 21.9 Å². The molecule has 2 aromatic heterocycles. The second-order valence-electron chi connectivity index (χ2n) is 6.81. The average molecular weight is 433 g/mol. The molecule has 2 aromatic carbocycles. The third kappa shape index (κ3) is 3.18. The number of hydrogen-bond acceptors (Lipinski definition) is 5. The number of halogens is 4. The highest BCUT2D eigenvalue weighted by atomic mass is 19.2. The van der Waals surface area contributed by atoms with Gasteiger partial charge in [0.1, 0.15) is 28.8 Å². The van der Waals surface area contributed by atoms with E-state index in [1.165, 1.54) is 21.2 Å². The highest BCUT2D eigenvalue weighted by Crippen LogP contribution is 2.29. The predicted octanol–water partition coefficient (Wildman–Crippen LogP) is 3.39. The van der Waals surface area contributed by atoms with Crippen LogP contribution in [0.1, 0.15) is 5.56 Å². The van der Waals surface area contributed by atoms with E-state index in [1.54, 1.807) is 18.2 Å². The van der Waals surface area contributed by atoms with Gasteiger partial charge in [-0.15, -0.1) is 0 Å². The fraction of sp³-hybridized carbons (Fsp3) is 0.150. The first kappa shape index (κ1) is 20.4. The van der Waals surface area contributed by atoms with Crippen molar-refractivity contribution in [3.63, 3.8) is 0 Å². The van der Waals surface area contributed by atoms with E-state index >= 15 is 0 Å². The highest BCUT2D eigenvalue weighted by molar-refractivity contribution is 6.04. The Labute approximate surface area is 172 Å². The van der Waals surface area contributed by atoms with Crippen LogP contribution in [0, 0.1) is 23.3 Å². The fourth-order valence-corrected chi connectivity index (χ4v) is 3.20. The molecule has 0 aliphatic rings. The first-order valence-electron chi connectivity index (χ1n) is 8.89. The Hall–Kier alpha value is -3.89. The number of nitrogens with one attached hydrogen (secondary N) is 1. The Morgan fingerprint density at radius 2 is 1.81 bits per heavy atom. The Balaban J connectivity index is 1.83. The van der Waals surface area contributed by atoms with Crippen molar-refractivity contribution in [3.8, 4) is 5.75 Å². The maximum atomic E-state index is 14.3. The molecule has 0 spiro atoms. The Bertz CT molecular complexity index is 1400. The van der Waals surface area contributed by atoms with Crippen LogP contribution in [-0.2, 0) is 0 Å². The van der Waals surface area contributed by atoms with Crippen LogP contribution in [0.5, 0.6) is 5.75 Å². The lowest BCUT2D eigenvalue weighted by Gasteiger charge is -2.16. The van der Waals surface area contributed by atoms with Gasteiger partial charge in [-0.05, 0) is 18.2 Å². The molecule has 0 radical (unpaired) electrons. The maximum absolute atomic E-state index is 14.3. The van der Waals surface area contributed by atoms with E-state index in [1.807, 2.05) is 0 Å². The standard InChI is InChI=1S/C20H15F4N5O2/c1-28(2)19-15(23)13(21)11(14(22)16(19)24)7-26-29-8-25-17-10-6-9(31-3)4-5-12(10)27-18(17)20(29)30/h4-8,27H,1-3H3. The van der Waals surface area contributed by atoms with Crippen LogP contribution in [0.15, 0.2) is 34.4 Å². The van der Waals surface area contributed by atoms with E-state index in [-0.39, 0.29) is 5.52 Å². The zero-order valence-corrected chi connectivity index (χ0v) is 16.5. The Morgan fingerprint density at radius 3 is 2.42 bits per heavy atom. The molecule has 31 heavy (non-hydrogen) atoms. The molecule has 0 saturated heterocycles. The molecule has 0 aliphatic carbocycles. The molecule has 2 heterocycles. The monoisotopic (exact) mass is 433 g/mol. The first-order chi connectivity index (χ1) is 14.7. The van der Waals surface area contributed by atoms with Gasteiger partial charge < -0.3 is 14.6 Å². The zero-order chi connectivity index (χ0) is 22.4. The number of nitrogens with zero attached hydrogens (tertiary/aromatic N) is 4. The van der Waals surface area contributed by atoms with Gasteiger partial charge in [-0.2, -0.15) is 9.78 Å². The molecule has 7 nitrogen and oxygen atoms in total. The van der Waals surface area contributed by atoms with Gasteiger partial charge in [-0.25, -0.2) is 22.5 Å². The minimum Gasteiger partial charge on any atom is -0.497 e. The lowest BCUT2D eigenvalue weighted by molar-refractivity contribution is 0.415. The van der Waals surface area contributed by atoms with Gasteiger partial charge in [-0.3, -0.25) is 4.79 Å². The topological polar surface area (TPSA) is 75.5 Å². The number of hydrogen-bond donors (Lipinski definition) is 1. The maximum Gasteiger partial charge on any atom is 0.298 e. The van der Waals surface area contributed by atoms with E-state index in [9.17, 15) is 22.4 Å². The van der Waals surface area contributed by atoms with Crippen LogP contribution in [-0.4, -0.2) is 42.1 Å². The Kier molecular flexibility index (Phi) is 4.88. The van der Waals surface area contributed by atoms with Gasteiger partial charge >= 0.3 is 0 Å². The summed E-state index contributed by atoms with van der Waals surface area (Å²) in [7, 11) is 3.98. The number of fused-ring (bicyclic) bond motifs is 3. The van der Waals surface area contributed by atoms with Gasteiger partial charge in [0.25, 0.3) is 5.56 Å². The highest BCUT2D eigenvalue weighted by Gasteiger charge is 2.25. The van der Waals surface area contributed by atoms with Gasteiger partial charge in [0.15, 0.2) is 23.3 Å². The van der Waals surface area contributed by atoms with Gasteiger partial charge in [0.2, 0.25) is 0 Å². The van der Waals surface area contributed by atoms with Crippen molar-refractivity contribution in [1.82, 2.24) is 14.6 Å². The number of H-pyrrole nitrogens is 1. The number of rotatable bonds is 4. The number of ether oxygens (including phenoxy) is 1. The van der Waals surface area contributed by atoms with Gasteiger partial charge in [-0.1, -0.05) is 0 Å². The molecule has 0 bridgehead atoms. The summed E-state index contributed by atoms with van der Waals surface area (Å²) in [5, 5.41) is 4.28. The molecular weight excluding hydrogens is 418 g/mol. The van der Waals surface area contributed by atoms with Crippen LogP contribution in [0.3, 0.4) is 0 Å². The minimum atomic E-state index is -1.63. The molecular formula is C20H15F4N5O2. The van der Waals surface area contributed by atoms with Crippen molar-refractivity contribution in [2.45, 2.75) is 0 Å². The van der Waals surface area contributed by atoms with Crippen molar-refractivity contribution in [2.75, 3.05) is 26.1 Å². The average Bonchev–Trinajstić information content (AvgIpc) is 3.12. The first-order valence-corrected chi connectivity index (χ1v) is 8.89. The van der Waals surface area contributed by atoms with Crippen molar-refractivity contribution in [1.29, 1.82) is 0 Å². The summed E-state index contributed by atoms with van der Waals surface area (Å²) in [6, 6.07) is 5.09. The van der Waals surface area contributed by atoms with Crippen molar-refractivity contribution < 1.29 is 22.3 Å². The second kappa shape index (κ2) is 7.42. The molecule has 160 valence electrons. The molecule has 0 unspecified atom stereocenters. The number of aromatic amines is 1. The van der Waals surface area contributed by atoms with Crippen LogP contribution >= 0.6 is 0 Å². The lowest BCUT2D eigenvalue weighted by Crippen LogP contribution is -2.19. The van der Waals surface area contributed by atoms with E-state index in [0.717, 1.165) is 11.2 Å². The summed E-state index contributed by atoms with van der Waals surface area (Å²) >= 11 is 0. The number of methoxy groups -OCH3 is 1. The van der Waals surface area contributed by atoms with Crippen molar-refractivity contribution in [2.24, 2.45) is 5.10 Å². The summed E-state index contributed by atoms with van der Waals surface area (Å²) in [5.74, 6) is -5.85.